The molecule has 1 saturated carbocycles. The number of alkyl halides is 1. The number of carbonyl (C=O) groups is 1. The highest BCUT2D eigenvalue weighted by Gasteiger charge is 2.41. The number of hydrogen-bond acceptors (Lipinski definition) is 2. The minimum Gasteiger partial charge on any atom is -0.341 e. The summed E-state index contributed by atoms with van der Waals surface area (Å²) in [6, 6.07) is 0. The van der Waals surface area contributed by atoms with Crippen molar-refractivity contribution in [3.63, 3.8) is 0 Å². The molecule has 4 heteroatoms. The van der Waals surface area contributed by atoms with Crippen LogP contribution in [0, 0.1) is 5.41 Å². The lowest BCUT2D eigenvalue weighted by atomic mass is 9.82. The molecular formula is C15H27ClN2O. The van der Waals surface area contributed by atoms with Crippen molar-refractivity contribution < 1.29 is 4.79 Å². The first kappa shape index (κ1) is 15.1. The average molecular weight is 287 g/mol. The summed E-state index contributed by atoms with van der Waals surface area (Å²) in [7, 11) is 0. The predicted octanol–water partition coefficient (Wildman–Crippen LogP) is 2.73. The molecule has 0 aromatic carbocycles. The Morgan fingerprint density at radius 1 is 1.11 bits per heavy atom. The van der Waals surface area contributed by atoms with Gasteiger partial charge in [0, 0.05) is 37.5 Å². The van der Waals surface area contributed by atoms with Crippen LogP contribution in [0.3, 0.4) is 0 Å². The minimum atomic E-state index is -0.0261. The number of hydrogen-bond donors (Lipinski definition) is 0. The maximum Gasteiger partial charge on any atom is 0.228 e. The molecule has 1 aliphatic heterocycles. The number of amides is 1. The van der Waals surface area contributed by atoms with Gasteiger partial charge < -0.3 is 9.80 Å². The van der Waals surface area contributed by atoms with E-state index in [1.165, 1.54) is 12.8 Å². The summed E-state index contributed by atoms with van der Waals surface area (Å²) < 4.78 is 0. The third-order valence-electron chi connectivity index (χ3n) is 4.97. The van der Waals surface area contributed by atoms with Crippen molar-refractivity contribution in [2.75, 3.05) is 38.6 Å². The van der Waals surface area contributed by atoms with Crippen LogP contribution >= 0.6 is 11.6 Å². The Morgan fingerprint density at radius 3 is 2.47 bits per heavy atom. The molecule has 1 amide bonds. The van der Waals surface area contributed by atoms with E-state index in [-0.39, 0.29) is 5.41 Å². The summed E-state index contributed by atoms with van der Waals surface area (Å²) in [6.45, 7) is 7.01. The van der Waals surface area contributed by atoms with Crippen LogP contribution in [0.15, 0.2) is 0 Å². The van der Waals surface area contributed by atoms with Gasteiger partial charge in [-0.2, -0.15) is 0 Å². The van der Waals surface area contributed by atoms with Crippen molar-refractivity contribution in [1.82, 2.24) is 9.80 Å². The van der Waals surface area contributed by atoms with Crippen molar-refractivity contribution in [3.8, 4) is 0 Å². The molecule has 0 radical (unpaired) electrons. The van der Waals surface area contributed by atoms with E-state index in [4.69, 9.17) is 11.6 Å². The Morgan fingerprint density at radius 2 is 1.84 bits per heavy atom. The molecule has 0 N–H and O–H groups in total. The molecule has 0 atom stereocenters. The normalized spacial score (nSPS) is 24.4. The molecule has 0 unspecified atom stereocenters. The summed E-state index contributed by atoms with van der Waals surface area (Å²) in [5.41, 5.74) is -0.0261. The highest BCUT2D eigenvalue weighted by Crippen LogP contribution is 2.42. The number of rotatable bonds is 4. The van der Waals surface area contributed by atoms with Crippen molar-refractivity contribution >= 4 is 17.5 Å². The zero-order chi connectivity index (χ0) is 13.7. The third-order valence-corrected chi connectivity index (χ3v) is 5.14. The molecule has 0 aromatic rings. The van der Waals surface area contributed by atoms with Crippen LogP contribution in [-0.2, 0) is 4.79 Å². The van der Waals surface area contributed by atoms with Crippen LogP contribution in [0.2, 0.25) is 0 Å². The van der Waals surface area contributed by atoms with E-state index < -0.39 is 0 Å². The predicted molar refractivity (Wildman–Crippen MR) is 79.5 cm³/mol. The summed E-state index contributed by atoms with van der Waals surface area (Å²) in [6.07, 6.45) is 6.75. The quantitative estimate of drug-likeness (QED) is 0.742. The molecule has 1 heterocycles. The highest BCUT2D eigenvalue weighted by atomic mass is 35.5. The molecule has 3 nitrogen and oxygen atoms in total. The smallest absolute Gasteiger partial charge is 0.228 e. The van der Waals surface area contributed by atoms with Gasteiger partial charge in [-0.3, -0.25) is 4.79 Å². The Hall–Kier alpha value is -0.280. The number of nitrogens with zero attached hydrogens (tertiary/aromatic N) is 2. The van der Waals surface area contributed by atoms with Gasteiger partial charge in [-0.05, 0) is 32.2 Å². The molecule has 0 bridgehead atoms. The lowest BCUT2D eigenvalue weighted by Crippen LogP contribution is -2.44. The van der Waals surface area contributed by atoms with Gasteiger partial charge >= 0.3 is 0 Å². The van der Waals surface area contributed by atoms with Gasteiger partial charge in [-0.25, -0.2) is 0 Å². The van der Waals surface area contributed by atoms with Crippen molar-refractivity contribution in [2.24, 2.45) is 5.41 Å². The third kappa shape index (κ3) is 3.43. The maximum atomic E-state index is 12.9. The van der Waals surface area contributed by atoms with Gasteiger partial charge in [0.05, 0.1) is 0 Å². The number of halogens is 1. The molecule has 19 heavy (non-hydrogen) atoms. The second-order valence-electron chi connectivity index (χ2n) is 6.02. The van der Waals surface area contributed by atoms with Crippen LogP contribution < -0.4 is 0 Å². The fourth-order valence-corrected chi connectivity index (χ4v) is 3.86. The summed E-state index contributed by atoms with van der Waals surface area (Å²) in [5.74, 6) is 1.12. The van der Waals surface area contributed by atoms with Gasteiger partial charge in [0.2, 0.25) is 5.91 Å². The molecule has 0 aromatic heterocycles. The minimum absolute atomic E-state index is 0.0261. The van der Waals surface area contributed by atoms with E-state index in [0.717, 1.165) is 58.4 Å². The van der Waals surface area contributed by atoms with Crippen molar-refractivity contribution in [2.45, 2.75) is 45.4 Å². The van der Waals surface area contributed by atoms with Crippen molar-refractivity contribution in [1.29, 1.82) is 0 Å². The Kier molecular flexibility index (Phi) is 5.52. The van der Waals surface area contributed by atoms with E-state index in [1.54, 1.807) is 0 Å². The zero-order valence-electron chi connectivity index (χ0n) is 12.2. The summed E-state index contributed by atoms with van der Waals surface area (Å²) >= 11 is 5.81. The average Bonchev–Trinajstić information content (AvgIpc) is 2.80. The second-order valence-corrected chi connectivity index (χ2v) is 6.40. The zero-order valence-corrected chi connectivity index (χ0v) is 12.9. The number of carbonyl (C=O) groups excluding carboxylic acids is 1. The largest absolute Gasteiger partial charge is 0.341 e. The lowest BCUT2D eigenvalue weighted by molar-refractivity contribution is -0.142. The lowest BCUT2D eigenvalue weighted by Gasteiger charge is -2.33. The van der Waals surface area contributed by atoms with Gasteiger partial charge in [0.1, 0.15) is 0 Å². The first-order chi connectivity index (χ1) is 9.22. The second kappa shape index (κ2) is 6.94. The molecule has 0 spiro atoms. The van der Waals surface area contributed by atoms with Crippen LogP contribution in [0.5, 0.6) is 0 Å². The first-order valence-electron chi connectivity index (χ1n) is 7.79. The van der Waals surface area contributed by atoms with E-state index >= 15 is 0 Å². The van der Waals surface area contributed by atoms with Gasteiger partial charge in [0.25, 0.3) is 0 Å². The van der Waals surface area contributed by atoms with Gasteiger partial charge in [-0.1, -0.05) is 19.8 Å². The molecule has 110 valence electrons. The first-order valence-corrected chi connectivity index (χ1v) is 8.33. The van der Waals surface area contributed by atoms with Crippen LogP contribution in [0.4, 0.5) is 0 Å². The molecule has 1 aliphatic carbocycles. The van der Waals surface area contributed by atoms with Crippen LogP contribution in [0.25, 0.3) is 0 Å². The fraction of sp³-hybridized carbons (Fsp3) is 0.933. The van der Waals surface area contributed by atoms with Crippen LogP contribution in [0.1, 0.15) is 45.4 Å². The highest BCUT2D eigenvalue weighted by molar-refractivity contribution is 6.18. The van der Waals surface area contributed by atoms with E-state index in [0.29, 0.717) is 11.8 Å². The SMILES string of the molecule is CCC1(C(=O)N2CCCN(CCCl)CC2)CCCC1. The standard InChI is InChI=1S/C15H27ClN2O/c1-2-15(6-3-4-7-15)14(19)18-10-5-9-17(11-8-16)12-13-18/h2-13H2,1H3. The topological polar surface area (TPSA) is 23.6 Å². The Bertz CT molecular complexity index is 303. The van der Waals surface area contributed by atoms with Crippen molar-refractivity contribution in [3.05, 3.63) is 0 Å². The molecule has 2 fully saturated rings. The molecule has 2 aliphatic rings. The maximum absolute atomic E-state index is 12.9. The van der Waals surface area contributed by atoms with Gasteiger partial charge in [0.15, 0.2) is 0 Å². The monoisotopic (exact) mass is 286 g/mol. The fourth-order valence-electron chi connectivity index (χ4n) is 3.62. The molecule has 1 saturated heterocycles. The molecule has 2 rings (SSSR count). The summed E-state index contributed by atoms with van der Waals surface area (Å²) in [5, 5.41) is 0. The molecular weight excluding hydrogens is 260 g/mol. The Labute approximate surface area is 122 Å². The van der Waals surface area contributed by atoms with Gasteiger partial charge in [-0.15, -0.1) is 11.6 Å². The van der Waals surface area contributed by atoms with Crippen LogP contribution in [-0.4, -0.2) is 54.3 Å². The Balaban J connectivity index is 1.95. The summed E-state index contributed by atoms with van der Waals surface area (Å²) in [4.78, 5) is 17.4. The van der Waals surface area contributed by atoms with E-state index in [9.17, 15) is 4.79 Å². The van der Waals surface area contributed by atoms with E-state index in [2.05, 4.69) is 16.7 Å². The van der Waals surface area contributed by atoms with E-state index in [1.807, 2.05) is 0 Å².